The maximum absolute atomic E-state index is 13.0. The number of nitro groups is 1. The zero-order valence-corrected chi connectivity index (χ0v) is 18.8. The van der Waals surface area contributed by atoms with Gasteiger partial charge in [0, 0.05) is 26.6 Å². The van der Waals surface area contributed by atoms with Crippen molar-refractivity contribution in [2.75, 3.05) is 13.1 Å². The monoisotopic (exact) mass is 459 g/mol. The van der Waals surface area contributed by atoms with Gasteiger partial charge in [-0.1, -0.05) is 6.42 Å². The van der Waals surface area contributed by atoms with E-state index in [0.29, 0.717) is 36.7 Å². The number of hydrogen-bond donors (Lipinski definition) is 0. The Hall–Kier alpha value is -3.05. The average molecular weight is 460 g/mol. The summed E-state index contributed by atoms with van der Waals surface area (Å²) in [6.45, 7) is 5.25. The molecule has 1 saturated heterocycles. The summed E-state index contributed by atoms with van der Waals surface area (Å²) >= 11 is 0. The summed E-state index contributed by atoms with van der Waals surface area (Å²) in [6.07, 6.45) is 2.78. The van der Waals surface area contributed by atoms with Crippen molar-refractivity contribution in [2.45, 2.75) is 51.2 Å². The Balaban J connectivity index is 1.64. The summed E-state index contributed by atoms with van der Waals surface area (Å²) in [4.78, 5) is 19.4. The van der Waals surface area contributed by atoms with Crippen LogP contribution in [-0.2, 0) is 23.2 Å². The molecule has 2 aromatic heterocycles. The molecule has 4 rings (SSSR count). The molecule has 1 aliphatic rings. The smallest absolute Gasteiger partial charge is 0.406 e. The summed E-state index contributed by atoms with van der Waals surface area (Å²) in [5, 5.41) is 11.3. The second-order valence-electron chi connectivity index (χ2n) is 7.71. The van der Waals surface area contributed by atoms with Crippen LogP contribution in [0.15, 0.2) is 35.2 Å². The number of pyridine rings is 1. The SMILES string of the molecule is CCn1c(COc2ccc(C)nc2[N+](=O)[O-])nc2cc(S(=O)(=O)N3CCCCC3)ccc21. The molecular formula is C21H25N5O5S. The highest BCUT2D eigenvalue weighted by Gasteiger charge is 2.27. The fraction of sp³-hybridized carbons (Fsp3) is 0.429. The molecule has 0 aliphatic carbocycles. The Morgan fingerprint density at radius 3 is 2.56 bits per heavy atom. The Morgan fingerprint density at radius 2 is 1.88 bits per heavy atom. The molecule has 170 valence electrons. The summed E-state index contributed by atoms with van der Waals surface area (Å²) < 4.78 is 35.2. The van der Waals surface area contributed by atoms with Gasteiger partial charge in [-0.25, -0.2) is 13.4 Å². The van der Waals surface area contributed by atoms with E-state index >= 15 is 0 Å². The number of fused-ring (bicyclic) bond motifs is 1. The first kappa shape index (κ1) is 22.2. The number of piperidine rings is 1. The third-order valence-corrected chi connectivity index (χ3v) is 7.47. The van der Waals surface area contributed by atoms with Crippen LogP contribution in [0, 0.1) is 17.0 Å². The van der Waals surface area contributed by atoms with Crippen LogP contribution >= 0.6 is 0 Å². The first-order valence-electron chi connectivity index (χ1n) is 10.6. The largest absolute Gasteiger partial charge is 0.478 e. The van der Waals surface area contributed by atoms with E-state index in [1.807, 2.05) is 11.5 Å². The standard InChI is InChI=1S/C21H25N5O5S/c1-3-25-18-9-8-16(32(29,30)24-11-5-4-6-12-24)13-17(18)23-20(25)14-31-19-10-7-15(2)22-21(19)26(27)28/h7-10,13H,3-6,11-12,14H2,1-2H3. The van der Waals surface area contributed by atoms with Crippen molar-refractivity contribution in [3.05, 3.63) is 52.0 Å². The lowest BCUT2D eigenvalue weighted by Gasteiger charge is -2.25. The molecule has 3 aromatic rings. The number of nitrogens with zero attached hydrogens (tertiary/aromatic N) is 5. The van der Waals surface area contributed by atoms with Crippen molar-refractivity contribution in [1.29, 1.82) is 0 Å². The number of aromatic nitrogens is 3. The van der Waals surface area contributed by atoms with Crippen molar-refractivity contribution < 1.29 is 18.1 Å². The van der Waals surface area contributed by atoms with Crippen molar-refractivity contribution in [2.24, 2.45) is 0 Å². The van der Waals surface area contributed by atoms with E-state index in [-0.39, 0.29) is 23.1 Å². The molecular weight excluding hydrogens is 434 g/mol. The molecule has 1 aromatic carbocycles. The number of aryl methyl sites for hydroxylation is 2. The molecule has 3 heterocycles. The Kier molecular flexibility index (Phi) is 6.11. The molecule has 32 heavy (non-hydrogen) atoms. The third kappa shape index (κ3) is 4.17. The van der Waals surface area contributed by atoms with Crippen LogP contribution in [0.2, 0.25) is 0 Å². The van der Waals surface area contributed by atoms with E-state index in [1.54, 1.807) is 31.2 Å². The van der Waals surface area contributed by atoms with Crippen LogP contribution in [-0.4, -0.2) is 45.3 Å². The van der Waals surface area contributed by atoms with Gasteiger partial charge in [-0.15, -0.1) is 0 Å². The van der Waals surface area contributed by atoms with Crippen LogP contribution in [0.3, 0.4) is 0 Å². The van der Waals surface area contributed by atoms with Gasteiger partial charge < -0.3 is 19.4 Å². The summed E-state index contributed by atoms with van der Waals surface area (Å²) in [6, 6.07) is 8.11. The number of benzene rings is 1. The lowest BCUT2D eigenvalue weighted by atomic mass is 10.2. The molecule has 0 radical (unpaired) electrons. The fourth-order valence-electron chi connectivity index (χ4n) is 3.95. The number of imidazole rings is 1. The molecule has 1 aliphatic heterocycles. The first-order chi connectivity index (χ1) is 15.3. The van der Waals surface area contributed by atoms with Gasteiger partial charge in [0.05, 0.1) is 15.9 Å². The van der Waals surface area contributed by atoms with Crippen molar-refractivity contribution in [3.63, 3.8) is 0 Å². The zero-order chi connectivity index (χ0) is 22.9. The van der Waals surface area contributed by atoms with Crippen molar-refractivity contribution in [1.82, 2.24) is 18.8 Å². The van der Waals surface area contributed by atoms with Gasteiger partial charge in [-0.2, -0.15) is 4.31 Å². The molecule has 0 spiro atoms. The van der Waals surface area contributed by atoms with Gasteiger partial charge in [0.15, 0.2) is 0 Å². The normalized spacial score (nSPS) is 15.2. The molecule has 0 N–H and O–H groups in total. The maximum Gasteiger partial charge on any atom is 0.406 e. The highest BCUT2D eigenvalue weighted by Crippen LogP contribution is 2.28. The molecule has 0 atom stereocenters. The van der Waals surface area contributed by atoms with Crippen LogP contribution in [0.5, 0.6) is 5.75 Å². The summed E-state index contributed by atoms with van der Waals surface area (Å²) in [5.41, 5.74) is 1.84. The highest BCUT2D eigenvalue weighted by atomic mass is 32.2. The predicted molar refractivity (Wildman–Crippen MR) is 118 cm³/mol. The number of rotatable bonds is 7. The van der Waals surface area contributed by atoms with Crippen molar-refractivity contribution >= 4 is 26.9 Å². The van der Waals surface area contributed by atoms with Gasteiger partial charge >= 0.3 is 5.82 Å². The lowest BCUT2D eigenvalue weighted by Crippen LogP contribution is -2.35. The molecule has 0 bridgehead atoms. The molecule has 0 amide bonds. The Morgan fingerprint density at radius 1 is 1.12 bits per heavy atom. The van der Waals surface area contributed by atoms with Crippen LogP contribution in [0.4, 0.5) is 5.82 Å². The Bertz CT molecular complexity index is 1270. The van der Waals surface area contributed by atoms with E-state index in [4.69, 9.17) is 4.74 Å². The van der Waals surface area contributed by atoms with Gasteiger partial charge in [0.25, 0.3) is 0 Å². The predicted octanol–water partition coefficient (Wildman–Crippen LogP) is 3.42. The molecule has 0 unspecified atom stereocenters. The van der Waals surface area contributed by atoms with Crippen LogP contribution in [0.25, 0.3) is 11.0 Å². The molecule has 1 fully saturated rings. The van der Waals surface area contributed by atoms with Crippen LogP contribution in [0.1, 0.15) is 37.7 Å². The zero-order valence-electron chi connectivity index (χ0n) is 18.0. The minimum absolute atomic E-state index is 0.0116. The van der Waals surface area contributed by atoms with E-state index in [2.05, 4.69) is 9.97 Å². The molecule has 10 nitrogen and oxygen atoms in total. The topological polar surface area (TPSA) is 120 Å². The van der Waals surface area contributed by atoms with Gasteiger partial charge in [-0.3, -0.25) is 0 Å². The second kappa shape index (κ2) is 8.83. The van der Waals surface area contributed by atoms with Crippen molar-refractivity contribution in [3.8, 4) is 5.75 Å². The van der Waals surface area contributed by atoms with Gasteiger partial charge in [-0.05, 0) is 60.0 Å². The average Bonchev–Trinajstić information content (AvgIpc) is 3.15. The number of sulfonamides is 1. The highest BCUT2D eigenvalue weighted by molar-refractivity contribution is 7.89. The summed E-state index contributed by atoms with van der Waals surface area (Å²) in [7, 11) is -3.57. The van der Waals surface area contributed by atoms with Crippen LogP contribution < -0.4 is 4.74 Å². The third-order valence-electron chi connectivity index (χ3n) is 5.58. The Labute approximate surface area is 186 Å². The van der Waals surface area contributed by atoms with E-state index in [0.717, 1.165) is 24.8 Å². The second-order valence-corrected chi connectivity index (χ2v) is 9.65. The quantitative estimate of drug-likeness (QED) is 0.392. The van der Waals surface area contributed by atoms with Gasteiger partial charge in [0.2, 0.25) is 15.8 Å². The first-order valence-corrected chi connectivity index (χ1v) is 12.0. The molecule has 11 heteroatoms. The fourth-order valence-corrected chi connectivity index (χ4v) is 5.49. The van der Waals surface area contributed by atoms with Gasteiger partial charge in [0.1, 0.15) is 18.1 Å². The maximum atomic E-state index is 13.0. The lowest BCUT2D eigenvalue weighted by molar-refractivity contribution is -0.390. The number of hydrogen-bond acceptors (Lipinski definition) is 7. The van der Waals surface area contributed by atoms with E-state index in [9.17, 15) is 18.5 Å². The minimum Gasteiger partial charge on any atom is -0.478 e. The number of ether oxygens (including phenoxy) is 1. The molecule has 0 saturated carbocycles. The minimum atomic E-state index is -3.57. The van der Waals surface area contributed by atoms with E-state index in [1.165, 1.54) is 10.4 Å². The van der Waals surface area contributed by atoms with E-state index < -0.39 is 14.9 Å². The summed E-state index contributed by atoms with van der Waals surface area (Å²) in [5.74, 6) is 0.257.